The third-order valence-electron chi connectivity index (χ3n) is 4.05. The van der Waals surface area contributed by atoms with Gasteiger partial charge in [0.05, 0.1) is 0 Å². The molecule has 0 aliphatic rings. The minimum atomic E-state index is -0.0512. The van der Waals surface area contributed by atoms with Crippen LogP contribution in [0.1, 0.15) is 21.5 Å². The van der Waals surface area contributed by atoms with E-state index in [9.17, 15) is 4.79 Å². The molecule has 0 radical (unpaired) electrons. The lowest BCUT2D eigenvalue weighted by atomic mass is 9.96. The van der Waals surface area contributed by atoms with Gasteiger partial charge in [0.25, 0.3) is 0 Å². The number of halogens is 1. The summed E-state index contributed by atoms with van der Waals surface area (Å²) in [5, 5.41) is 0. The number of para-hydroxylation sites is 2. The zero-order valence-corrected chi connectivity index (χ0v) is 15.1. The van der Waals surface area contributed by atoms with Gasteiger partial charge < -0.3 is 4.42 Å². The van der Waals surface area contributed by atoms with Gasteiger partial charge in [-0.05, 0) is 55.5 Å². The van der Waals surface area contributed by atoms with Crippen LogP contribution in [0, 0.1) is 6.92 Å². The Hall–Kier alpha value is -2.72. The largest absolute Gasteiger partial charge is 0.436 e. The third kappa shape index (κ3) is 3.01. The van der Waals surface area contributed by atoms with Crippen LogP contribution >= 0.6 is 15.9 Å². The van der Waals surface area contributed by atoms with Crippen molar-refractivity contribution in [2.45, 2.75) is 6.92 Å². The summed E-state index contributed by atoms with van der Waals surface area (Å²) in [6.07, 6.45) is 0. The molecule has 3 aromatic carbocycles. The molecule has 4 heteroatoms. The lowest BCUT2D eigenvalue weighted by Gasteiger charge is -2.07. The molecular formula is C21H14BrNO2. The number of ketones is 1. The molecule has 0 spiro atoms. The number of nitrogens with zero attached hydrogens (tertiary/aromatic N) is 1. The smallest absolute Gasteiger partial charge is 0.228 e. The highest BCUT2D eigenvalue weighted by Gasteiger charge is 2.18. The summed E-state index contributed by atoms with van der Waals surface area (Å²) >= 11 is 3.39. The van der Waals surface area contributed by atoms with Gasteiger partial charge in [0.2, 0.25) is 5.89 Å². The molecular weight excluding hydrogens is 378 g/mol. The van der Waals surface area contributed by atoms with E-state index >= 15 is 0 Å². The first kappa shape index (κ1) is 15.8. The summed E-state index contributed by atoms with van der Waals surface area (Å²) in [5.74, 6) is 0.412. The van der Waals surface area contributed by atoms with Crippen LogP contribution in [0.2, 0.25) is 0 Å². The highest BCUT2D eigenvalue weighted by molar-refractivity contribution is 9.10. The Morgan fingerprint density at radius 3 is 2.52 bits per heavy atom. The molecule has 0 amide bonds. The number of aryl methyl sites for hydroxylation is 1. The van der Waals surface area contributed by atoms with Crippen molar-refractivity contribution >= 4 is 32.8 Å². The fourth-order valence-corrected chi connectivity index (χ4v) is 3.04. The molecule has 0 fully saturated rings. The van der Waals surface area contributed by atoms with Crippen LogP contribution in [0.5, 0.6) is 0 Å². The van der Waals surface area contributed by atoms with Gasteiger partial charge in [0.1, 0.15) is 5.52 Å². The Bertz CT molecular complexity index is 1050. The van der Waals surface area contributed by atoms with Crippen molar-refractivity contribution in [2.24, 2.45) is 0 Å². The molecule has 122 valence electrons. The van der Waals surface area contributed by atoms with Crippen molar-refractivity contribution in [2.75, 3.05) is 0 Å². The lowest BCUT2D eigenvalue weighted by molar-refractivity contribution is 0.103. The standard InChI is InChI=1S/C21H14BrNO2/c1-13-6-11-16(20(24)14-7-9-15(22)10-8-14)17(12-13)21-23-18-4-2-3-5-19(18)25-21/h2-12H,1H3. The van der Waals surface area contributed by atoms with E-state index in [0.29, 0.717) is 28.2 Å². The minimum Gasteiger partial charge on any atom is -0.436 e. The van der Waals surface area contributed by atoms with E-state index in [0.717, 1.165) is 15.6 Å². The molecule has 4 rings (SSSR count). The topological polar surface area (TPSA) is 43.1 Å². The SMILES string of the molecule is Cc1ccc(C(=O)c2ccc(Br)cc2)c(-c2nc3ccccc3o2)c1. The monoisotopic (exact) mass is 391 g/mol. The van der Waals surface area contributed by atoms with Crippen LogP contribution < -0.4 is 0 Å². The number of aromatic nitrogens is 1. The summed E-state index contributed by atoms with van der Waals surface area (Å²) in [7, 11) is 0. The molecule has 0 saturated heterocycles. The van der Waals surface area contributed by atoms with E-state index in [2.05, 4.69) is 20.9 Å². The number of rotatable bonds is 3. The van der Waals surface area contributed by atoms with E-state index in [1.54, 1.807) is 0 Å². The Morgan fingerprint density at radius 1 is 1.00 bits per heavy atom. The highest BCUT2D eigenvalue weighted by Crippen LogP contribution is 2.29. The molecule has 3 nitrogen and oxygen atoms in total. The first-order valence-electron chi connectivity index (χ1n) is 7.89. The van der Waals surface area contributed by atoms with E-state index in [1.165, 1.54) is 0 Å². The zero-order chi connectivity index (χ0) is 17.4. The van der Waals surface area contributed by atoms with Gasteiger partial charge in [-0.2, -0.15) is 0 Å². The van der Waals surface area contributed by atoms with Crippen molar-refractivity contribution < 1.29 is 9.21 Å². The van der Waals surface area contributed by atoms with Crippen molar-refractivity contribution in [3.8, 4) is 11.5 Å². The van der Waals surface area contributed by atoms with Gasteiger partial charge >= 0.3 is 0 Å². The van der Waals surface area contributed by atoms with Crippen molar-refractivity contribution in [1.82, 2.24) is 4.98 Å². The molecule has 4 aromatic rings. The Morgan fingerprint density at radius 2 is 1.76 bits per heavy atom. The number of oxazole rings is 1. The van der Waals surface area contributed by atoms with E-state index in [1.807, 2.05) is 73.7 Å². The zero-order valence-electron chi connectivity index (χ0n) is 13.5. The minimum absolute atomic E-state index is 0.0512. The van der Waals surface area contributed by atoms with E-state index in [4.69, 9.17) is 4.42 Å². The molecule has 0 atom stereocenters. The summed E-state index contributed by atoms with van der Waals surface area (Å²) in [5.41, 5.74) is 4.46. The molecule has 0 bridgehead atoms. The van der Waals surface area contributed by atoms with Crippen molar-refractivity contribution in [1.29, 1.82) is 0 Å². The number of hydrogen-bond acceptors (Lipinski definition) is 3. The first-order chi connectivity index (χ1) is 12.1. The summed E-state index contributed by atoms with van der Waals surface area (Å²) in [6.45, 7) is 1.99. The Labute approximate surface area is 153 Å². The van der Waals surface area contributed by atoms with Crippen LogP contribution in [0.4, 0.5) is 0 Å². The molecule has 1 heterocycles. The second-order valence-corrected chi connectivity index (χ2v) is 6.79. The van der Waals surface area contributed by atoms with Gasteiger partial charge in [-0.15, -0.1) is 0 Å². The van der Waals surface area contributed by atoms with Crippen molar-refractivity contribution in [3.05, 3.63) is 87.9 Å². The van der Waals surface area contributed by atoms with Gasteiger partial charge in [-0.1, -0.05) is 39.7 Å². The normalized spacial score (nSPS) is 11.0. The third-order valence-corrected chi connectivity index (χ3v) is 4.58. The maximum absolute atomic E-state index is 13.0. The first-order valence-corrected chi connectivity index (χ1v) is 8.68. The van der Waals surface area contributed by atoms with Crippen LogP contribution in [0.15, 0.2) is 75.6 Å². The summed E-state index contributed by atoms with van der Waals surface area (Å²) in [6, 6.07) is 20.6. The van der Waals surface area contributed by atoms with E-state index in [-0.39, 0.29) is 5.78 Å². The second-order valence-electron chi connectivity index (χ2n) is 5.87. The van der Waals surface area contributed by atoms with Crippen molar-refractivity contribution in [3.63, 3.8) is 0 Å². The lowest BCUT2D eigenvalue weighted by Crippen LogP contribution is -2.04. The average molecular weight is 392 g/mol. The molecule has 25 heavy (non-hydrogen) atoms. The Kier molecular flexibility index (Phi) is 3.98. The van der Waals surface area contributed by atoms with Gasteiger partial charge in [-0.3, -0.25) is 4.79 Å². The van der Waals surface area contributed by atoms with Crippen LogP contribution in [-0.2, 0) is 0 Å². The predicted molar refractivity (Wildman–Crippen MR) is 102 cm³/mol. The maximum Gasteiger partial charge on any atom is 0.228 e. The van der Waals surface area contributed by atoms with E-state index < -0.39 is 0 Å². The fourth-order valence-electron chi connectivity index (χ4n) is 2.78. The number of hydrogen-bond donors (Lipinski definition) is 0. The van der Waals surface area contributed by atoms with Gasteiger partial charge in [0, 0.05) is 21.2 Å². The predicted octanol–water partition coefficient (Wildman–Crippen LogP) is 5.80. The number of carbonyl (C=O) groups is 1. The highest BCUT2D eigenvalue weighted by atomic mass is 79.9. The van der Waals surface area contributed by atoms with Gasteiger partial charge in [0.15, 0.2) is 11.4 Å². The molecule has 0 unspecified atom stereocenters. The second kappa shape index (κ2) is 6.30. The van der Waals surface area contributed by atoms with Crippen LogP contribution in [0.3, 0.4) is 0 Å². The molecule has 0 saturated carbocycles. The number of fused-ring (bicyclic) bond motifs is 1. The fraction of sp³-hybridized carbons (Fsp3) is 0.0476. The van der Waals surface area contributed by atoms with Crippen LogP contribution in [-0.4, -0.2) is 10.8 Å². The average Bonchev–Trinajstić information content (AvgIpc) is 3.06. The Balaban J connectivity index is 1.86. The molecule has 1 aromatic heterocycles. The molecule has 0 aliphatic carbocycles. The number of benzene rings is 3. The number of carbonyl (C=O) groups excluding carboxylic acids is 1. The van der Waals surface area contributed by atoms with Crippen LogP contribution in [0.25, 0.3) is 22.6 Å². The van der Waals surface area contributed by atoms with Gasteiger partial charge in [-0.25, -0.2) is 4.98 Å². The maximum atomic E-state index is 13.0. The molecule has 0 N–H and O–H groups in total. The quantitative estimate of drug-likeness (QED) is 0.414. The summed E-state index contributed by atoms with van der Waals surface area (Å²) in [4.78, 5) is 17.5. The summed E-state index contributed by atoms with van der Waals surface area (Å²) < 4.78 is 6.82. The molecule has 0 aliphatic heterocycles.